The predicted molar refractivity (Wildman–Crippen MR) is 85.0 cm³/mol. The van der Waals surface area contributed by atoms with E-state index in [-0.39, 0.29) is 23.5 Å². The number of hydrogen-bond acceptors (Lipinski definition) is 3. The summed E-state index contributed by atoms with van der Waals surface area (Å²) in [6, 6.07) is 5.65. The van der Waals surface area contributed by atoms with Crippen molar-refractivity contribution < 1.29 is 23.1 Å². The SMILES string of the molecule is CCCNC(=O)C1CCN(C(=O)c2ccc(OC(F)F)cc2)CC1. The predicted octanol–water partition coefficient (Wildman–Crippen LogP) is 2.67. The zero-order valence-electron chi connectivity index (χ0n) is 13.6. The van der Waals surface area contributed by atoms with Crippen LogP contribution in [0.5, 0.6) is 5.75 Å². The van der Waals surface area contributed by atoms with Gasteiger partial charge in [-0.1, -0.05) is 6.92 Å². The van der Waals surface area contributed by atoms with E-state index >= 15 is 0 Å². The van der Waals surface area contributed by atoms with E-state index in [1.54, 1.807) is 4.90 Å². The second-order valence-electron chi connectivity index (χ2n) is 5.76. The monoisotopic (exact) mass is 340 g/mol. The Bertz CT molecular complexity index is 555. The first-order chi connectivity index (χ1) is 11.5. The van der Waals surface area contributed by atoms with Gasteiger partial charge >= 0.3 is 6.61 Å². The van der Waals surface area contributed by atoms with Gasteiger partial charge in [-0.05, 0) is 43.5 Å². The molecule has 7 heteroatoms. The van der Waals surface area contributed by atoms with Crippen molar-refractivity contribution in [1.29, 1.82) is 0 Å². The first-order valence-corrected chi connectivity index (χ1v) is 8.13. The van der Waals surface area contributed by atoms with Crippen LogP contribution in [0.4, 0.5) is 8.78 Å². The maximum atomic E-state index is 12.4. The van der Waals surface area contributed by atoms with E-state index in [2.05, 4.69) is 10.1 Å². The van der Waals surface area contributed by atoms with Crippen molar-refractivity contribution >= 4 is 11.8 Å². The maximum absolute atomic E-state index is 12.4. The zero-order chi connectivity index (χ0) is 17.5. The third kappa shape index (κ3) is 4.91. The fourth-order valence-corrected chi connectivity index (χ4v) is 2.70. The Labute approximate surface area is 140 Å². The summed E-state index contributed by atoms with van der Waals surface area (Å²) in [5.41, 5.74) is 0.422. The summed E-state index contributed by atoms with van der Waals surface area (Å²) in [5.74, 6) is -0.140. The summed E-state index contributed by atoms with van der Waals surface area (Å²) < 4.78 is 28.5. The number of benzene rings is 1. The van der Waals surface area contributed by atoms with Crippen molar-refractivity contribution in [3.05, 3.63) is 29.8 Å². The summed E-state index contributed by atoms with van der Waals surface area (Å²) in [7, 11) is 0. The molecule has 0 saturated carbocycles. The number of ether oxygens (including phenoxy) is 1. The quantitative estimate of drug-likeness (QED) is 0.866. The smallest absolute Gasteiger partial charge is 0.387 e. The number of piperidine rings is 1. The lowest BCUT2D eigenvalue weighted by Crippen LogP contribution is -2.43. The third-order valence-corrected chi connectivity index (χ3v) is 4.03. The molecule has 1 aliphatic rings. The van der Waals surface area contributed by atoms with Crippen LogP contribution in [0.2, 0.25) is 0 Å². The molecule has 0 bridgehead atoms. The molecule has 1 fully saturated rings. The van der Waals surface area contributed by atoms with E-state index in [1.807, 2.05) is 6.92 Å². The van der Waals surface area contributed by atoms with Crippen molar-refractivity contribution in [3.8, 4) is 5.75 Å². The van der Waals surface area contributed by atoms with Crippen LogP contribution in [-0.2, 0) is 4.79 Å². The van der Waals surface area contributed by atoms with Crippen molar-refractivity contribution in [2.45, 2.75) is 32.8 Å². The van der Waals surface area contributed by atoms with Gasteiger partial charge < -0.3 is 15.0 Å². The zero-order valence-corrected chi connectivity index (χ0v) is 13.6. The molecule has 1 N–H and O–H groups in total. The van der Waals surface area contributed by atoms with Gasteiger partial charge in [-0.25, -0.2) is 0 Å². The summed E-state index contributed by atoms with van der Waals surface area (Å²) in [6.45, 7) is 0.811. The van der Waals surface area contributed by atoms with Crippen molar-refractivity contribution in [2.75, 3.05) is 19.6 Å². The Balaban J connectivity index is 1.87. The Morgan fingerprint density at radius 1 is 1.25 bits per heavy atom. The van der Waals surface area contributed by atoms with E-state index < -0.39 is 6.61 Å². The minimum absolute atomic E-state index is 0.0212. The number of nitrogens with one attached hydrogen (secondary N) is 1. The number of halogens is 2. The van der Waals surface area contributed by atoms with E-state index in [4.69, 9.17) is 0 Å². The molecule has 2 amide bonds. The summed E-state index contributed by atoms with van der Waals surface area (Å²) in [4.78, 5) is 26.0. The second-order valence-corrected chi connectivity index (χ2v) is 5.76. The normalized spacial score (nSPS) is 15.4. The average molecular weight is 340 g/mol. The van der Waals surface area contributed by atoms with Gasteiger partial charge in [0.2, 0.25) is 5.91 Å². The summed E-state index contributed by atoms with van der Waals surface area (Å²) in [5, 5.41) is 2.88. The molecule has 0 aromatic heterocycles. The third-order valence-electron chi connectivity index (χ3n) is 4.03. The summed E-state index contributed by atoms with van der Waals surface area (Å²) in [6.07, 6.45) is 2.16. The minimum atomic E-state index is -2.88. The molecule has 1 aliphatic heterocycles. The second kappa shape index (κ2) is 8.61. The standard InChI is InChI=1S/C17H22F2N2O3/c1-2-9-20-15(22)12-7-10-21(11-8-12)16(23)13-3-5-14(6-4-13)24-17(18)19/h3-6,12,17H,2,7-11H2,1H3,(H,20,22). The van der Waals surface area contributed by atoms with E-state index in [0.717, 1.165) is 6.42 Å². The Hall–Kier alpha value is -2.18. The molecule has 1 heterocycles. The Morgan fingerprint density at radius 2 is 1.88 bits per heavy atom. The first kappa shape index (κ1) is 18.2. The molecular weight excluding hydrogens is 318 g/mol. The van der Waals surface area contributed by atoms with E-state index in [1.165, 1.54) is 24.3 Å². The van der Waals surface area contributed by atoms with Crippen molar-refractivity contribution in [3.63, 3.8) is 0 Å². The van der Waals surface area contributed by atoms with Crippen LogP contribution in [0, 0.1) is 5.92 Å². The maximum Gasteiger partial charge on any atom is 0.387 e. The number of amides is 2. The number of rotatable bonds is 6. The molecule has 5 nitrogen and oxygen atoms in total. The van der Waals surface area contributed by atoms with Crippen LogP contribution in [0.25, 0.3) is 0 Å². The fourth-order valence-electron chi connectivity index (χ4n) is 2.70. The van der Waals surface area contributed by atoms with Crippen LogP contribution in [-0.4, -0.2) is 43.0 Å². The molecule has 1 saturated heterocycles. The average Bonchev–Trinajstić information content (AvgIpc) is 2.59. The van der Waals surface area contributed by atoms with Gasteiger partial charge in [0.1, 0.15) is 5.75 Å². The molecule has 132 valence electrons. The molecule has 0 unspecified atom stereocenters. The molecule has 0 aliphatic carbocycles. The molecule has 24 heavy (non-hydrogen) atoms. The Kier molecular flexibility index (Phi) is 6.52. The highest BCUT2D eigenvalue weighted by Gasteiger charge is 2.27. The number of carbonyl (C=O) groups is 2. The lowest BCUT2D eigenvalue weighted by Gasteiger charge is -2.31. The van der Waals surface area contributed by atoms with Gasteiger partial charge in [-0.2, -0.15) is 8.78 Å². The minimum Gasteiger partial charge on any atom is -0.435 e. The van der Waals surface area contributed by atoms with Crippen LogP contribution < -0.4 is 10.1 Å². The van der Waals surface area contributed by atoms with Crippen molar-refractivity contribution in [2.24, 2.45) is 5.92 Å². The van der Waals surface area contributed by atoms with Crippen LogP contribution >= 0.6 is 0 Å². The molecular formula is C17H22F2N2O3. The van der Waals surface area contributed by atoms with Gasteiger partial charge in [-0.3, -0.25) is 9.59 Å². The molecule has 0 spiro atoms. The lowest BCUT2D eigenvalue weighted by molar-refractivity contribution is -0.126. The number of hydrogen-bond donors (Lipinski definition) is 1. The van der Waals surface area contributed by atoms with Gasteiger partial charge in [0.15, 0.2) is 0 Å². The summed E-state index contributed by atoms with van der Waals surface area (Å²) >= 11 is 0. The number of nitrogens with zero attached hydrogens (tertiary/aromatic N) is 1. The highest BCUT2D eigenvalue weighted by Crippen LogP contribution is 2.21. The van der Waals surface area contributed by atoms with Gasteiger partial charge in [-0.15, -0.1) is 0 Å². The van der Waals surface area contributed by atoms with Crippen LogP contribution in [0.3, 0.4) is 0 Å². The highest BCUT2D eigenvalue weighted by atomic mass is 19.3. The van der Waals surface area contributed by atoms with Crippen LogP contribution in [0.15, 0.2) is 24.3 Å². The van der Waals surface area contributed by atoms with Gasteiger partial charge in [0.25, 0.3) is 5.91 Å². The number of alkyl halides is 2. The topological polar surface area (TPSA) is 58.6 Å². The number of carbonyl (C=O) groups excluding carboxylic acids is 2. The number of likely N-dealkylation sites (tertiary alicyclic amines) is 1. The Morgan fingerprint density at radius 3 is 2.42 bits per heavy atom. The molecule has 1 aromatic carbocycles. The van der Waals surface area contributed by atoms with E-state index in [0.29, 0.717) is 38.0 Å². The van der Waals surface area contributed by atoms with Gasteiger partial charge in [0.05, 0.1) is 0 Å². The van der Waals surface area contributed by atoms with Crippen LogP contribution in [0.1, 0.15) is 36.5 Å². The molecule has 0 atom stereocenters. The molecule has 2 rings (SSSR count). The fraction of sp³-hybridized carbons (Fsp3) is 0.529. The first-order valence-electron chi connectivity index (χ1n) is 8.13. The largest absolute Gasteiger partial charge is 0.435 e. The molecule has 0 radical (unpaired) electrons. The van der Waals surface area contributed by atoms with Crippen molar-refractivity contribution in [1.82, 2.24) is 10.2 Å². The lowest BCUT2D eigenvalue weighted by atomic mass is 9.95. The van der Waals surface area contributed by atoms with E-state index in [9.17, 15) is 18.4 Å². The highest BCUT2D eigenvalue weighted by molar-refractivity contribution is 5.94. The molecule has 1 aromatic rings. The van der Waals surface area contributed by atoms with Gasteiger partial charge in [0, 0.05) is 31.1 Å².